The van der Waals surface area contributed by atoms with Crippen molar-refractivity contribution in [2.75, 3.05) is 23.3 Å². The number of hydrogen-bond acceptors (Lipinski definition) is 5. The highest BCUT2D eigenvalue weighted by Gasteiger charge is 2.11. The molecule has 0 aliphatic carbocycles. The minimum Gasteiger partial charge on any atom is -0.372 e. The summed E-state index contributed by atoms with van der Waals surface area (Å²) >= 11 is 3.08. The molecule has 24 heavy (non-hydrogen) atoms. The number of nitrogens with one attached hydrogen (secondary N) is 1. The highest BCUT2D eigenvalue weighted by atomic mass is 32.1. The van der Waals surface area contributed by atoms with Gasteiger partial charge in [0, 0.05) is 29.7 Å². The van der Waals surface area contributed by atoms with Gasteiger partial charge in [-0.1, -0.05) is 6.07 Å². The first kappa shape index (κ1) is 16.7. The minimum atomic E-state index is -0.131. The monoisotopic (exact) mass is 357 g/mol. The predicted octanol–water partition coefficient (Wildman–Crippen LogP) is 4.97. The Balaban J connectivity index is 1.69. The molecule has 1 N–H and O–H groups in total. The van der Waals surface area contributed by atoms with Gasteiger partial charge < -0.3 is 4.90 Å². The lowest BCUT2D eigenvalue weighted by molar-refractivity contribution is 0.102. The standard InChI is InChI=1S/C18H19N3OS2/c1-3-21(4-2)14-9-7-13(8-10-14)17(22)20-18-19-15(12-24-18)16-6-5-11-23-16/h5-12H,3-4H2,1-2H3,(H,19,20,22). The number of carbonyl (C=O) groups is 1. The van der Waals surface area contributed by atoms with Crippen molar-refractivity contribution in [1.29, 1.82) is 0 Å². The Bertz CT molecular complexity index is 790. The van der Waals surface area contributed by atoms with E-state index >= 15 is 0 Å². The average Bonchev–Trinajstić information content (AvgIpc) is 3.28. The van der Waals surface area contributed by atoms with E-state index in [1.807, 2.05) is 47.2 Å². The SMILES string of the molecule is CCN(CC)c1ccc(C(=O)Nc2nc(-c3cccs3)cs2)cc1. The molecule has 0 aliphatic rings. The molecule has 0 radical (unpaired) electrons. The van der Waals surface area contributed by atoms with E-state index in [2.05, 4.69) is 29.0 Å². The van der Waals surface area contributed by atoms with E-state index in [1.165, 1.54) is 11.3 Å². The summed E-state index contributed by atoms with van der Waals surface area (Å²) in [4.78, 5) is 20.2. The molecule has 0 unspecified atom stereocenters. The Hall–Kier alpha value is -2.18. The third-order valence-electron chi connectivity index (χ3n) is 3.76. The maximum atomic E-state index is 12.4. The maximum absolute atomic E-state index is 12.4. The zero-order chi connectivity index (χ0) is 16.9. The van der Waals surface area contributed by atoms with Crippen LogP contribution in [0.3, 0.4) is 0 Å². The van der Waals surface area contributed by atoms with Gasteiger partial charge in [0.15, 0.2) is 5.13 Å². The molecule has 0 atom stereocenters. The van der Waals surface area contributed by atoms with Crippen LogP contribution in [-0.4, -0.2) is 24.0 Å². The fourth-order valence-corrected chi connectivity index (χ4v) is 3.92. The highest BCUT2D eigenvalue weighted by molar-refractivity contribution is 7.16. The summed E-state index contributed by atoms with van der Waals surface area (Å²) in [6, 6.07) is 11.7. The summed E-state index contributed by atoms with van der Waals surface area (Å²) < 4.78 is 0. The van der Waals surface area contributed by atoms with Gasteiger partial charge in [0.1, 0.15) is 0 Å². The van der Waals surface area contributed by atoms with Crippen LogP contribution in [0, 0.1) is 0 Å². The van der Waals surface area contributed by atoms with Crippen molar-refractivity contribution < 1.29 is 4.79 Å². The molecule has 0 spiro atoms. The molecule has 0 bridgehead atoms. The van der Waals surface area contributed by atoms with Gasteiger partial charge in [0.25, 0.3) is 5.91 Å². The summed E-state index contributed by atoms with van der Waals surface area (Å²) in [7, 11) is 0. The van der Waals surface area contributed by atoms with E-state index in [1.54, 1.807) is 11.3 Å². The van der Waals surface area contributed by atoms with Crippen LogP contribution in [0.1, 0.15) is 24.2 Å². The molecule has 0 aliphatic heterocycles. The Kier molecular flexibility index (Phi) is 5.27. The molecule has 3 rings (SSSR count). The molecule has 124 valence electrons. The van der Waals surface area contributed by atoms with Gasteiger partial charge >= 0.3 is 0 Å². The van der Waals surface area contributed by atoms with Gasteiger partial charge in [0.05, 0.1) is 10.6 Å². The van der Waals surface area contributed by atoms with Crippen LogP contribution < -0.4 is 10.2 Å². The van der Waals surface area contributed by atoms with Crippen molar-refractivity contribution in [2.45, 2.75) is 13.8 Å². The maximum Gasteiger partial charge on any atom is 0.257 e. The first-order valence-electron chi connectivity index (χ1n) is 7.87. The van der Waals surface area contributed by atoms with Crippen molar-refractivity contribution in [2.24, 2.45) is 0 Å². The molecule has 3 aromatic rings. The second-order valence-corrected chi connectivity index (χ2v) is 6.99. The summed E-state index contributed by atoms with van der Waals surface area (Å²) in [6.07, 6.45) is 0. The summed E-state index contributed by atoms with van der Waals surface area (Å²) in [5.41, 5.74) is 2.67. The Morgan fingerprint density at radius 3 is 2.50 bits per heavy atom. The Morgan fingerprint density at radius 2 is 1.88 bits per heavy atom. The van der Waals surface area contributed by atoms with Crippen molar-refractivity contribution >= 4 is 39.4 Å². The van der Waals surface area contributed by atoms with Crippen LogP contribution in [0.2, 0.25) is 0 Å². The average molecular weight is 358 g/mol. The van der Waals surface area contributed by atoms with Gasteiger partial charge in [-0.25, -0.2) is 4.98 Å². The molecule has 1 aromatic carbocycles. The number of thiophene rings is 1. The lowest BCUT2D eigenvalue weighted by Crippen LogP contribution is -2.21. The van der Waals surface area contributed by atoms with Crippen molar-refractivity contribution in [3.8, 4) is 10.6 Å². The number of nitrogens with zero attached hydrogens (tertiary/aromatic N) is 2. The van der Waals surface area contributed by atoms with Crippen molar-refractivity contribution in [3.05, 3.63) is 52.7 Å². The van der Waals surface area contributed by atoms with Gasteiger partial charge in [-0.15, -0.1) is 22.7 Å². The molecule has 0 fully saturated rings. The molecule has 2 aromatic heterocycles. The number of rotatable bonds is 6. The summed E-state index contributed by atoms with van der Waals surface area (Å²) in [6.45, 7) is 6.15. The van der Waals surface area contributed by atoms with E-state index in [4.69, 9.17) is 0 Å². The van der Waals surface area contributed by atoms with E-state index in [0.29, 0.717) is 10.7 Å². The van der Waals surface area contributed by atoms with Crippen LogP contribution in [0.4, 0.5) is 10.8 Å². The van der Waals surface area contributed by atoms with E-state index < -0.39 is 0 Å². The Morgan fingerprint density at radius 1 is 1.12 bits per heavy atom. The first-order valence-corrected chi connectivity index (χ1v) is 9.63. The van der Waals surface area contributed by atoms with E-state index in [9.17, 15) is 4.79 Å². The molecule has 6 heteroatoms. The fraction of sp³-hybridized carbons (Fsp3) is 0.222. The fourth-order valence-electron chi connectivity index (χ4n) is 2.45. The summed E-state index contributed by atoms with van der Waals surface area (Å²) in [5, 5.41) is 7.48. The summed E-state index contributed by atoms with van der Waals surface area (Å²) in [5.74, 6) is -0.131. The molecule has 4 nitrogen and oxygen atoms in total. The molecule has 0 saturated heterocycles. The third-order valence-corrected chi connectivity index (χ3v) is 5.41. The van der Waals surface area contributed by atoms with Gasteiger partial charge in [0.2, 0.25) is 0 Å². The third kappa shape index (κ3) is 3.66. The van der Waals surface area contributed by atoms with Gasteiger partial charge in [-0.2, -0.15) is 0 Å². The largest absolute Gasteiger partial charge is 0.372 e. The van der Waals surface area contributed by atoms with Crippen LogP contribution in [0.15, 0.2) is 47.2 Å². The van der Waals surface area contributed by atoms with E-state index in [-0.39, 0.29) is 5.91 Å². The number of benzene rings is 1. The van der Waals surface area contributed by atoms with Crippen molar-refractivity contribution in [3.63, 3.8) is 0 Å². The van der Waals surface area contributed by atoms with Gasteiger partial charge in [-0.3, -0.25) is 10.1 Å². The van der Waals surface area contributed by atoms with Gasteiger partial charge in [-0.05, 0) is 49.6 Å². The molecule has 2 heterocycles. The Labute approximate surface area is 149 Å². The lowest BCUT2D eigenvalue weighted by Gasteiger charge is -2.20. The minimum absolute atomic E-state index is 0.131. The zero-order valence-electron chi connectivity index (χ0n) is 13.7. The predicted molar refractivity (Wildman–Crippen MR) is 103 cm³/mol. The number of aromatic nitrogens is 1. The number of anilines is 2. The van der Waals surface area contributed by atoms with Crippen LogP contribution in [0.25, 0.3) is 10.6 Å². The normalized spacial score (nSPS) is 10.6. The molecular weight excluding hydrogens is 338 g/mol. The van der Waals surface area contributed by atoms with E-state index in [0.717, 1.165) is 29.3 Å². The zero-order valence-corrected chi connectivity index (χ0v) is 15.3. The first-order chi connectivity index (χ1) is 11.7. The number of hydrogen-bond donors (Lipinski definition) is 1. The molecule has 1 amide bonds. The second kappa shape index (κ2) is 7.59. The molecular formula is C18H19N3OS2. The van der Waals surface area contributed by atoms with Crippen LogP contribution in [0.5, 0.6) is 0 Å². The molecule has 0 saturated carbocycles. The lowest BCUT2D eigenvalue weighted by atomic mass is 10.2. The van der Waals surface area contributed by atoms with Crippen LogP contribution in [-0.2, 0) is 0 Å². The number of amides is 1. The quantitative estimate of drug-likeness (QED) is 0.677. The van der Waals surface area contributed by atoms with Crippen molar-refractivity contribution in [1.82, 2.24) is 4.98 Å². The highest BCUT2D eigenvalue weighted by Crippen LogP contribution is 2.28. The second-order valence-electron chi connectivity index (χ2n) is 5.19. The number of thiazole rings is 1. The smallest absolute Gasteiger partial charge is 0.257 e. The number of carbonyl (C=O) groups excluding carboxylic acids is 1. The van der Waals surface area contributed by atoms with Crippen LogP contribution >= 0.6 is 22.7 Å². The topological polar surface area (TPSA) is 45.2 Å².